The molecular formula is C14H24N2O3S. The summed E-state index contributed by atoms with van der Waals surface area (Å²) in [5, 5.41) is 3.12. The Labute approximate surface area is 122 Å². The Morgan fingerprint density at radius 3 is 2.40 bits per heavy atom. The summed E-state index contributed by atoms with van der Waals surface area (Å²) in [5.41, 5.74) is 1.06. The number of hydrogen-bond acceptors (Lipinski definition) is 4. The molecular weight excluding hydrogens is 276 g/mol. The Kier molecular flexibility index (Phi) is 6.61. The van der Waals surface area contributed by atoms with Crippen LogP contribution >= 0.6 is 0 Å². The molecule has 1 aromatic carbocycles. The zero-order chi connectivity index (χ0) is 15.2. The van der Waals surface area contributed by atoms with E-state index in [1.165, 1.54) is 4.31 Å². The van der Waals surface area contributed by atoms with Gasteiger partial charge in [0.2, 0.25) is 10.0 Å². The molecule has 20 heavy (non-hydrogen) atoms. The van der Waals surface area contributed by atoms with Gasteiger partial charge in [0.25, 0.3) is 0 Å². The van der Waals surface area contributed by atoms with E-state index in [4.69, 9.17) is 4.74 Å². The molecule has 0 amide bonds. The predicted molar refractivity (Wildman–Crippen MR) is 80.2 cm³/mol. The molecule has 0 fully saturated rings. The van der Waals surface area contributed by atoms with E-state index in [-0.39, 0.29) is 6.04 Å². The van der Waals surface area contributed by atoms with Gasteiger partial charge < -0.3 is 10.1 Å². The highest BCUT2D eigenvalue weighted by Gasteiger charge is 2.20. The van der Waals surface area contributed by atoms with Gasteiger partial charge in [-0.1, -0.05) is 12.1 Å². The smallest absolute Gasteiger partial charge is 0.242 e. The lowest BCUT2D eigenvalue weighted by molar-refractivity contribution is 0.189. The average molecular weight is 300 g/mol. The van der Waals surface area contributed by atoms with Crippen molar-refractivity contribution in [2.75, 3.05) is 34.4 Å². The van der Waals surface area contributed by atoms with Gasteiger partial charge >= 0.3 is 0 Å². The van der Waals surface area contributed by atoms with Crippen LogP contribution in [0.5, 0.6) is 0 Å². The summed E-state index contributed by atoms with van der Waals surface area (Å²) in [6, 6.07) is 7.20. The first kappa shape index (κ1) is 17.1. The molecule has 1 atom stereocenters. The van der Waals surface area contributed by atoms with Gasteiger partial charge in [0.15, 0.2) is 0 Å². The maximum atomic E-state index is 12.3. The Balaban J connectivity index is 2.82. The SMILES string of the molecule is CNC(C)c1ccc(S(=O)(=O)N(C)CCCOC)cc1. The lowest BCUT2D eigenvalue weighted by Crippen LogP contribution is -2.28. The van der Waals surface area contributed by atoms with Gasteiger partial charge in [-0.3, -0.25) is 0 Å². The number of methoxy groups -OCH3 is 1. The highest BCUT2D eigenvalue weighted by molar-refractivity contribution is 7.89. The molecule has 0 aliphatic carbocycles. The average Bonchev–Trinajstić information content (AvgIpc) is 2.46. The maximum Gasteiger partial charge on any atom is 0.242 e. The maximum absolute atomic E-state index is 12.3. The van der Waals surface area contributed by atoms with Crippen LogP contribution in [-0.4, -0.2) is 47.1 Å². The van der Waals surface area contributed by atoms with E-state index in [0.717, 1.165) is 5.56 Å². The fourth-order valence-corrected chi connectivity index (χ4v) is 3.04. The first-order chi connectivity index (χ1) is 9.43. The first-order valence-corrected chi connectivity index (χ1v) is 8.10. The summed E-state index contributed by atoms with van der Waals surface area (Å²) in [5.74, 6) is 0. The summed E-state index contributed by atoms with van der Waals surface area (Å²) in [6.07, 6.45) is 0.682. The number of hydrogen-bond donors (Lipinski definition) is 1. The highest BCUT2D eigenvalue weighted by atomic mass is 32.2. The van der Waals surface area contributed by atoms with Crippen LogP contribution in [0.15, 0.2) is 29.2 Å². The minimum atomic E-state index is -3.41. The third-order valence-corrected chi connectivity index (χ3v) is 5.21. The molecule has 114 valence electrons. The number of sulfonamides is 1. The Morgan fingerprint density at radius 1 is 1.30 bits per heavy atom. The minimum absolute atomic E-state index is 0.200. The second kappa shape index (κ2) is 7.73. The molecule has 0 aromatic heterocycles. The third-order valence-electron chi connectivity index (χ3n) is 3.34. The Morgan fingerprint density at radius 2 is 1.90 bits per heavy atom. The fourth-order valence-electron chi connectivity index (χ4n) is 1.83. The van der Waals surface area contributed by atoms with Gasteiger partial charge in [-0.05, 0) is 38.1 Å². The normalized spacial score (nSPS) is 13.7. The van der Waals surface area contributed by atoms with E-state index in [9.17, 15) is 8.42 Å². The summed E-state index contributed by atoms with van der Waals surface area (Å²) in [6.45, 7) is 3.03. The molecule has 1 N–H and O–H groups in total. The van der Waals surface area contributed by atoms with Crippen molar-refractivity contribution in [1.82, 2.24) is 9.62 Å². The first-order valence-electron chi connectivity index (χ1n) is 6.66. The van der Waals surface area contributed by atoms with Crippen LogP contribution in [0.3, 0.4) is 0 Å². The molecule has 5 nitrogen and oxygen atoms in total. The number of benzene rings is 1. The molecule has 0 bridgehead atoms. The third kappa shape index (κ3) is 4.28. The van der Waals surface area contributed by atoms with Crippen LogP contribution in [0.1, 0.15) is 24.9 Å². The summed E-state index contributed by atoms with van der Waals surface area (Å²) in [4.78, 5) is 0.324. The zero-order valence-corrected chi connectivity index (χ0v) is 13.4. The molecule has 1 unspecified atom stereocenters. The summed E-state index contributed by atoms with van der Waals surface area (Å²) in [7, 11) is 1.66. The standard InChI is InChI=1S/C14H24N2O3S/c1-12(15-2)13-6-8-14(9-7-13)20(17,18)16(3)10-5-11-19-4/h6-9,12,15H,5,10-11H2,1-4H3. The van der Waals surface area contributed by atoms with E-state index >= 15 is 0 Å². The molecule has 6 heteroatoms. The number of ether oxygens (including phenoxy) is 1. The van der Waals surface area contributed by atoms with Crippen molar-refractivity contribution in [3.8, 4) is 0 Å². The second-order valence-corrected chi connectivity index (χ2v) is 6.80. The van der Waals surface area contributed by atoms with Gasteiger partial charge in [0.05, 0.1) is 4.90 Å². The topological polar surface area (TPSA) is 58.6 Å². The monoisotopic (exact) mass is 300 g/mol. The van der Waals surface area contributed by atoms with Crippen LogP contribution in [0.2, 0.25) is 0 Å². The Bertz CT molecular complexity index is 500. The van der Waals surface area contributed by atoms with Crippen LogP contribution in [0.4, 0.5) is 0 Å². The number of nitrogens with zero attached hydrogens (tertiary/aromatic N) is 1. The summed E-state index contributed by atoms with van der Waals surface area (Å²) < 4.78 is 31.0. The van der Waals surface area contributed by atoms with Crippen molar-refractivity contribution in [2.45, 2.75) is 24.3 Å². The number of nitrogens with one attached hydrogen (secondary N) is 1. The van der Waals surface area contributed by atoms with Gasteiger partial charge in [-0.15, -0.1) is 0 Å². The van der Waals surface area contributed by atoms with Gasteiger partial charge in [0, 0.05) is 33.4 Å². The van der Waals surface area contributed by atoms with E-state index < -0.39 is 10.0 Å². The largest absolute Gasteiger partial charge is 0.385 e. The van der Waals surface area contributed by atoms with Crippen molar-refractivity contribution in [1.29, 1.82) is 0 Å². The van der Waals surface area contributed by atoms with Gasteiger partial charge in [-0.2, -0.15) is 0 Å². The molecule has 0 saturated carbocycles. The molecule has 1 aromatic rings. The van der Waals surface area contributed by atoms with E-state index in [0.29, 0.717) is 24.5 Å². The fraction of sp³-hybridized carbons (Fsp3) is 0.571. The lowest BCUT2D eigenvalue weighted by atomic mass is 10.1. The molecule has 0 saturated heterocycles. The van der Waals surface area contributed by atoms with Crippen molar-refractivity contribution in [3.63, 3.8) is 0 Å². The van der Waals surface area contributed by atoms with Crippen molar-refractivity contribution in [2.24, 2.45) is 0 Å². The van der Waals surface area contributed by atoms with E-state index in [1.807, 2.05) is 26.1 Å². The summed E-state index contributed by atoms with van der Waals surface area (Å²) >= 11 is 0. The van der Waals surface area contributed by atoms with Gasteiger partial charge in [-0.25, -0.2) is 12.7 Å². The molecule has 0 heterocycles. The van der Waals surface area contributed by atoms with E-state index in [2.05, 4.69) is 5.32 Å². The van der Waals surface area contributed by atoms with Crippen LogP contribution in [-0.2, 0) is 14.8 Å². The quantitative estimate of drug-likeness (QED) is 0.741. The molecule has 1 rings (SSSR count). The molecule has 0 aliphatic heterocycles. The van der Waals surface area contributed by atoms with Crippen LogP contribution in [0.25, 0.3) is 0 Å². The van der Waals surface area contributed by atoms with Crippen molar-refractivity contribution in [3.05, 3.63) is 29.8 Å². The van der Waals surface area contributed by atoms with E-state index in [1.54, 1.807) is 26.3 Å². The number of rotatable bonds is 8. The van der Waals surface area contributed by atoms with Crippen LogP contribution < -0.4 is 5.32 Å². The Hall–Kier alpha value is -0.950. The predicted octanol–water partition coefficient (Wildman–Crippen LogP) is 1.62. The second-order valence-electron chi connectivity index (χ2n) is 4.75. The zero-order valence-electron chi connectivity index (χ0n) is 12.6. The lowest BCUT2D eigenvalue weighted by Gasteiger charge is -2.18. The molecule has 0 spiro atoms. The van der Waals surface area contributed by atoms with Crippen molar-refractivity contribution >= 4 is 10.0 Å². The molecule has 0 aliphatic rings. The van der Waals surface area contributed by atoms with Gasteiger partial charge in [0.1, 0.15) is 0 Å². The van der Waals surface area contributed by atoms with Crippen LogP contribution in [0, 0.1) is 0 Å². The van der Waals surface area contributed by atoms with Crippen molar-refractivity contribution < 1.29 is 13.2 Å². The molecule has 0 radical (unpaired) electrons. The minimum Gasteiger partial charge on any atom is -0.385 e. The highest BCUT2D eigenvalue weighted by Crippen LogP contribution is 2.18.